The number of rotatable bonds is 4. The molecule has 5 heteroatoms. The van der Waals surface area contributed by atoms with Gasteiger partial charge in [0, 0.05) is 22.7 Å². The molecule has 1 aliphatic rings. The van der Waals surface area contributed by atoms with Crippen molar-refractivity contribution in [2.45, 2.75) is 26.3 Å². The summed E-state index contributed by atoms with van der Waals surface area (Å²) in [6, 6.07) is 9.60. The number of carbonyl (C=O) groups is 1. The first-order valence-corrected chi connectivity index (χ1v) is 7.09. The predicted molar refractivity (Wildman–Crippen MR) is 78.9 cm³/mol. The van der Waals surface area contributed by atoms with Crippen molar-refractivity contribution in [3.8, 4) is 0 Å². The van der Waals surface area contributed by atoms with Crippen molar-refractivity contribution < 1.29 is 4.79 Å². The first-order valence-electron chi connectivity index (χ1n) is 6.71. The average Bonchev–Trinajstić information content (AvgIpc) is 3.17. The molecule has 0 saturated heterocycles. The highest BCUT2D eigenvalue weighted by molar-refractivity contribution is 6.30. The third-order valence-electron chi connectivity index (χ3n) is 3.40. The fraction of sp³-hybridized carbons (Fsp3) is 0.333. The molecule has 0 atom stereocenters. The Balaban J connectivity index is 1.73. The zero-order valence-corrected chi connectivity index (χ0v) is 12.0. The van der Waals surface area contributed by atoms with Crippen molar-refractivity contribution in [2.75, 3.05) is 5.32 Å². The van der Waals surface area contributed by atoms with E-state index in [9.17, 15) is 4.79 Å². The van der Waals surface area contributed by atoms with E-state index in [-0.39, 0.29) is 11.8 Å². The van der Waals surface area contributed by atoms with E-state index < -0.39 is 0 Å². The van der Waals surface area contributed by atoms with Crippen LogP contribution in [0.15, 0.2) is 30.3 Å². The molecule has 1 N–H and O–H groups in total. The van der Waals surface area contributed by atoms with Crippen molar-refractivity contribution in [3.05, 3.63) is 46.6 Å². The van der Waals surface area contributed by atoms with Crippen LogP contribution < -0.4 is 5.32 Å². The summed E-state index contributed by atoms with van der Waals surface area (Å²) >= 11 is 5.98. The van der Waals surface area contributed by atoms with E-state index in [1.54, 1.807) is 0 Å². The van der Waals surface area contributed by atoms with Gasteiger partial charge < -0.3 is 5.32 Å². The maximum absolute atomic E-state index is 11.7. The quantitative estimate of drug-likeness (QED) is 0.939. The smallest absolute Gasteiger partial charge is 0.228 e. The van der Waals surface area contributed by atoms with Crippen LogP contribution in [0.5, 0.6) is 0 Å². The number of carbonyl (C=O) groups excluding carboxylic acids is 1. The van der Waals surface area contributed by atoms with E-state index in [2.05, 4.69) is 10.4 Å². The fourth-order valence-corrected chi connectivity index (χ4v) is 2.33. The van der Waals surface area contributed by atoms with Crippen LogP contribution in [0.3, 0.4) is 0 Å². The van der Waals surface area contributed by atoms with Crippen LogP contribution in [0.2, 0.25) is 5.02 Å². The minimum atomic E-state index is 0.0809. The highest BCUT2D eigenvalue weighted by atomic mass is 35.5. The average molecular weight is 290 g/mol. The molecular formula is C15H16ClN3O. The van der Waals surface area contributed by atoms with Crippen LogP contribution in [0.25, 0.3) is 0 Å². The molecule has 0 unspecified atom stereocenters. The van der Waals surface area contributed by atoms with E-state index in [1.807, 2.05) is 41.9 Å². The standard InChI is InChI=1S/C15H16ClN3O/c1-10-7-14(17-15(20)12-5-6-12)18-19(10)9-11-3-2-4-13(16)8-11/h2-4,7-8,12H,5-6,9H2,1H3,(H,17,18,20). The molecule has 1 amide bonds. The molecule has 2 aromatic rings. The third kappa shape index (κ3) is 3.02. The van der Waals surface area contributed by atoms with Crippen molar-refractivity contribution in [3.63, 3.8) is 0 Å². The lowest BCUT2D eigenvalue weighted by molar-refractivity contribution is -0.117. The van der Waals surface area contributed by atoms with Crippen LogP contribution in [0.4, 0.5) is 5.82 Å². The van der Waals surface area contributed by atoms with Crippen LogP contribution in [-0.2, 0) is 11.3 Å². The number of halogens is 1. The van der Waals surface area contributed by atoms with Gasteiger partial charge in [-0.25, -0.2) is 0 Å². The Bertz CT molecular complexity index is 646. The van der Waals surface area contributed by atoms with Crippen LogP contribution >= 0.6 is 11.6 Å². The van der Waals surface area contributed by atoms with Crippen molar-refractivity contribution in [2.24, 2.45) is 5.92 Å². The molecule has 1 saturated carbocycles. The molecule has 0 radical (unpaired) electrons. The number of benzene rings is 1. The van der Waals surface area contributed by atoms with Gasteiger partial charge in [-0.05, 0) is 37.5 Å². The minimum Gasteiger partial charge on any atom is -0.309 e. The maximum Gasteiger partial charge on any atom is 0.228 e. The van der Waals surface area contributed by atoms with Gasteiger partial charge in [0.05, 0.1) is 6.54 Å². The van der Waals surface area contributed by atoms with Crippen molar-refractivity contribution in [1.29, 1.82) is 0 Å². The zero-order chi connectivity index (χ0) is 14.1. The second-order valence-electron chi connectivity index (χ2n) is 5.22. The molecule has 104 valence electrons. The Morgan fingerprint density at radius 2 is 2.25 bits per heavy atom. The summed E-state index contributed by atoms with van der Waals surface area (Å²) in [6.07, 6.45) is 1.99. The lowest BCUT2D eigenvalue weighted by atomic mass is 10.2. The van der Waals surface area contributed by atoms with E-state index in [0.717, 1.165) is 29.1 Å². The Labute approximate surface area is 122 Å². The van der Waals surface area contributed by atoms with Gasteiger partial charge in [-0.1, -0.05) is 23.7 Å². The molecule has 0 bridgehead atoms. The second kappa shape index (κ2) is 5.29. The van der Waals surface area contributed by atoms with Gasteiger partial charge in [0.1, 0.15) is 0 Å². The molecule has 4 nitrogen and oxygen atoms in total. The van der Waals surface area contributed by atoms with E-state index in [1.165, 1.54) is 0 Å². The summed E-state index contributed by atoms with van der Waals surface area (Å²) in [5.41, 5.74) is 2.10. The number of anilines is 1. The number of aryl methyl sites for hydroxylation is 1. The summed E-state index contributed by atoms with van der Waals surface area (Å²) in [5, 5.41) is 8.01. The first kappa shape index (κ1) is 13.2. The largest absolute Gasteiger partial charge is 0.309 e. The number of nitrogens with zero attached hydrogens (tertiary/aromatic N) is 2. The Morgan fingerprint density at radius 3 is 2.95 bits per heavy atom. The lowest BCUT2D eigenvalue weighted by Gasteiger charge is -2.05. The molecule has 0 spiro atoms. The Kier molecular flexibility index (Phi) is 3.49. The maximum atomic E-state index is 11.7. The van der Waals surface area contributed by atoms with Crippen LogP contribution in [0, 0.1) is 12.8 Å². The molecule has 3 rings (SSSR count). The number of amides is 1. The van der Waals surface area contributed by atoms with Gasteiger partial charge in [-0.15, -0.1) is 0 Å². The summed E-state index contributed by atoms with van der Waals surface area (Å²) in [4.78, 5) is 11.7. The van der Waals surface area contributed by atoms with E-state index in [0.29, 0.717) is 12.4 Å². The number of hydrogen-bond donors (Lipinski definition) is 1. The monoisotopic (exact) mass is 289 g/mol. The van der Waals surface area contributed by atoms with E-state index >= 15 is 0 Å². The molecule has 0 aliphatic heterocycles. The zero-order valence-electron chi connectivity index (χ0n) is 11.3. The molecule has 1 heterocycles. The molecular weight excluding hydrogens is 274 g/mol. The molecule has 1 aromatic heterocycles. The normalized spacial score (nSPS) is 14.3. The summed E-state index contributed by atoms with van der Waals surface area (Å²) in [7, 11) is 0. The summed E-state index contributed by atoms with van der Waals surface area (Å²) in [6.45, 7) is 2.62. The van der Waals surface area contributed by atoms with Crippen LogP contribution in [-0.4, -0.2) is 15.7 Å². The van der Waals surface area contributed by atoms with Gasteiger partial charge in [0.25, 0.3) is 0 Å². The highest BCUT2D eigenvalue weighted by Crippen LogP contribution is 2.30. The van der Waals surface area contributed by atoms with Gasteiger partial charge in [-0.2, -0.15) is 5.10 Å². The van der Waals surface area contributed by atoms with Gasteiger partial charge in [0.2, 0.25) is 5.91 Å². The molecule has 20 heavy (non-hydrogen) atoms. The van der Waals surface area contributed by atoms with Gasteiger partial charge >= 0.3 is 0 Å². The van der Waals surface area contributed by atoms with Crippen molar-refractivity contribution >= 4 is 23.3 Å². The fourth-order valence-electron chi connectivity index (χ4n) is 2.11. The second-order valence-corrected chi connectivity index (χ2v) is 5.66. The minimum absolute atomic E-state index is 0.0809. The first-order chi connectivity index (χ1) is 9.61. The van der Waals surface area contributed by atoms with E-state index in [4.69, 9.17) is 11.6 Å². The predicted octanol–water partition coefficient (Wildman–Crippen LogP) is 3.24. The SMILES string of the molecule is Cc1cc(NC(=O)C2CC2)nn1Cc1cccc(Cl)c1. The van der Waals surface area contributed by atoms with Crippen molar-refractivity contribution in [1.82, 2.24) is 9.78 Å². The van der Waals surface area contributed by atoms with Gasteiger partial charge in [0.15, 0.2) is 5.82 Å². The topological polar surface area (TPSA) is 46.9 Å². The number of nitrogens with one attached hydrogen (secondary N) is 1. The van der Waals surface area contributed by atoms with Gasteiger partial charge in [-0.3, -0.25) is 9.48 Å². The number of hydrogen-bond acceptors (Lipinski definition) is 2. The molecule has 1 aliphatic carbocycles. The third-order valence-corrected chi connectivity index (χ3v) is 3.64. The van der Waals surface area contributed by atoms with Crippen LogP contribution in [0.1, 0.15) is 24.1 Å². The number of aromatic nitrogens is 2. The molecule has 1 aromatic carbocycles. The summed E-state index contributed by atoms with van der Waals surface area (Å²) in [5.74, 6) is 0.896. The Hall–Kier alpha value is -1.81. The lowest BCUT2D eigenvalue weighted by Crippen LogP contribution is -2.14. The Morgan fingerprint density at radius 1 is 1.45 bits per heavy atom. The highest BCUT2D eigenvalue weighted by Gasteiger charge is 2.30. The molecule has 1 fully saturated rings. The summed E-state index contributed by atoms with van der Waals surface area (Å²) < 4.78 is 1.87.